The number of nitrogens with zero attached hydrogens (tertiary/aromatic N) is 2. The highest BCUT2D eigenvalue weighted by Crippen LogP contribution is 2.30. The number of aromatic nitrogens is 2. The number of aromatic amines is 1. The second kappa shape index (κ2) is 5.05. The van der Waals surface area contributed by atoms with Gasteiger partial charge in [0.15, 0.2) is 5.13 Å². The van der Waals surface area contributed by atoms with E-state index in [0.29, 0.717) is 0 Å². The zero-order valence-electron chi connectivity index (χ0n) is 11.2. The number of hydrogen-bond acceptors (Lipinski definition) is 3. The van der Waals surface area contributed by atoms with Crippen LogP contribution in [0.4, 0.5) is 10.8 Å². The van der Waals surface area contributed by atoms with Gasteiger partial charge in [-0.2, -0.15) is 0 Å². The Labute approximate surface area is 116 Å². The molecule has 19 heavy (non-hydrogen) atoms. The zero-order chi connectivity index (χ0) is 13.2. The number of hydrogen-bond donors (Lipinski definition) is 1. The molecule has 0 saturated carbocycles. The molecule has 0 spiro atoms. The summed E-state index contributed by atoms with van der Waals surface area (Å²) in [6.45, 7) is 5.23. The molecule has 0 saturated heterocycles. The minimum atomic E-state index is 0.989. The number of anilines is 2. The van der Waals surface area contributed by atoms with Crippen LogP contribution < -0.4 is 4.90 Å². The molecule has 0 amide bonds. The lowest BCUT2D eigenvalue weighted by molar-refractivity contribution is 0.880. The van der Waals surface area contributed by atoms with Gasteiger partial charge < -0.3 is 9.88 Å². The minimum Gasteiger partial charge on any atom is -0.361 e. The van der Waals surface area contributed by atoms with Crippen molar-refractivity contribution in [3.05, 3.63) is 41.5 Å². The zero-order valence-corrected chi connectivity index (χ0v) is 12.0. The molecular formula is C15H17N3S. The van der Waals surface area contributed by atoms with Gasteiger partial charge in [0.25, 0.3) is 0 Å². The molecule has 0 bridgehead atoms. The van der Waals surface area contributed by atoms with Crippen molar-refractivity contribution in [1.29, 1.82) is 0 Å². The van der Waals surface area contributed by atoms with Crippen LogP contribution >= 0.6 is 11.3 Å². The largest absolute Gasteiger partial charge is 0.361 e. The van der Waals surface area contributed by atoms with Crippen molar-refractivity contribution in [3.8, 4) is 0 Å². The summed E-state index contributed by atoms with van der Waals surface area (Å²) in [5.41, 5.74) is 3.47. The fourth-order valence-electron chi connectivity index (χ4n) is 2.23. The molecule has 0 fully saturated rings. The number of aryl methyl sites for hydroxylation is 1. The Bertz CT molecular complexity index is 683. The molecule has 0 radical (unpaired) electrons. The molecule has 3 nitrogen and oxygen atoms in total. The molecule has 1 aromatic carbocycles. The third-order valence-electron chi connectivity index (χ3n) is 3.13. The van der Waals surface area contributed by atoms with Crippen molar-refractivity contribution < 1.29 is 0 Å². The van der Waals surface area contributed by atoms with Crippen LogP contribution in [-0.4, -0.2) is 16.5 Å². The molecule has 3 aromatic rings. The lowest BCUT2D eigenvalue weighted by Crippen LogP contribution is -2.17. The first-order valence-electron chi connectivity index (χ1n) is 6.54. The highest BCUT2D eigenvalue weighted by molar-refractivity contribution is 7.13. The van der Waals surface area contributed by atoms with Gasteiger partial charge in [0, 0.05) is 34.7 Å². The lowest BCUT2D eigenvalue weighted by atomic mass is 10.2. The van der Waals surface area contributed by atoms with E-state index in [1.54, 1.807) is 11.3 Å². The Kier molecular flexibility index (Phi) is 3.25. The summed E-state index contributed by atoms with van der Waals surface area (Å²) in [5.74, 6) is 0. The standard InChI is InChI=1S/C15H17N3S/c1-3-8-18(15-17-11(2)10-19-15)13-4-5-14-12(9-13)6-7-16-14/h4-7,9-10,16H,3,8H2,1-2H3. The normalized spacial score (nSPS) is 11.1. The van der Waals surface area contributed by atoms with Gasteiger partial charge in [0.05, 0.1) is 5.69 Å². The van der Waals surface area contributed by atoms with Crippen molar-refractivity contribution >= 4 is 33.1 Å². The van der Waals surface area contributed by atoms with Crippen LogP contribution in [0.3, 0.4) is 0 Å². The van der Waals surface area contributed by atoms with E-state index in [0.717, 1.165) is 23.8 Å². The number of thiazole rings is 1. The van der Waals surface area contributed by atoms with Crippen molar-refractivity contribution in [2.45, 2.75) is 20.3 Å². The molecule has 2 heterocycles. The van der Waals surface area contributed by atoms with Crippen molar-refractivity contribution in [2.24, 2.45) is 0 Å². The number of nitrogens with one attached hydrogen (secondary N) is 1. The van der Waals surface area contributed by atoms with Gasteiger partial charge in [0.1, 0.15) is 0 Å². The Morgan fingerprint density at radius 1 is 1.32 bits per heavy atom. The number of benzene rings is 1. The molecule has 2 aromatic heterocycles. The smallest absolute Gasteiger partial charge is 0.190 e. The van der Waals surface area contributed by atoms with Gasteiger partial charge >= 0.3 is 0 Å². The predicted molar refractivity (Wildman–Crippen MR) is 82.4 cm³/mol. The lowest BCUT2D eigenvalue weighted by Gasteiger charge is -2.21. The highest BCUT2D eigenvalue weighted by Gasteiger charge is 2.12. The topological polar surface area (TPSA) is 31.9 Å². The van der Waals surface area contributed by atoms with Crippen molar-refractivity contribution in [3.63, 3.8) is 0 Å². The maximum atomic E-state index is 4.61. The molecule has 0 aliphatic rings. The van der Waals surface area contributed by atoms with Gasteiger partial charge in [-0.05, 0) is 37.6 Å². The fraction of sp³-hybridized carbons (Fsp3) is 0.267. The number of rotatable bonds is 4. The van der Waals surface area contributed by atoms with E-state index in [4.69, 9.17) is 0 Å². The van der Waals surface area contributed by atoms with Crippen LogP contribution in [0, 0.1) is 6.92 Å². The molecule has 0 aliphatic heterocycles. The van der Waals surface area contributed by atoms with E-state index in [1.807, 2.05) is 13.1 Å². The average Bonchev–Trinajstić information content (AvgIpc) is 3.03. The molecular weight excluding hydrogens is 254 g/mol. The molecule has 0 aliphatic carbocycles. The van der Waals surface area contributed by atoms with E-state index in [2.05, 4.69) is 51.4 Å². The van der Waals surface area contributed by atoms with Gasteiger partial charge in [-0.15, -0.1) is 11.3 Å². The third-order valence-corrected chi connectivity index (χ3v) is 4.12. The molecule has 1 N–H and O–H groups in total. The fourth-order valence-corrected chi connectivity index (χ4v) is 3.08. The Morgan fingerprint density at radius 3 is 2.95 bits per heavy atom. The van der Waals surface area contributed by atoms with Gasteiger partial charge in [-0.3, -0.25) is 0 Å². The van der Waals surface area contributed by atoms with E-state index in [-0.39, 0.29) is 0 Å². The van der Waals surface area contributed by atoms with Crippen LogP contribution in [0.25, 0.3) is 10.9 Å². The first kappa shape index (κ1) is 12.2. The van der Waals surface area contributed by atoms with Gasteiger partial charge in [0.2, 0.25) is 0 Å². The van der Waals surface area contributed by atoms with Gasteiger partial charge in [-0.1, -0.05) is 6.92 Å². The van der Waals surface area contributed by atoms with Crippen LogP contribution in [0.5, 0.6) is 0 Å². The Hall–Kier alpha value is -1.81. The summed E-state index contributed by atoms with van der Waals surface area (Å²) in [6, 6.07) is 8.62. The Balaban J connectivity index is 2.03. The highest BCUT2D eigenvalue weighted by atomic mass is 32.1. The molecule has 98 valence electrons. The quantitative estimate of drug-likeness (QED) is 0.758. The van der Waals surface area contributed by atoms with Crippen molar-refractivity contribution in [2.75, 3.05) is 11.4 Å². The molecule has 4 heteroatoms. The summed E-state index contributed by atoms with van der Waals surface area (Å²) >= 11 is 1.71. The number of H-pyrrole nitrogens is 1. The number of fused-ring (bicyclic) bond motifs is 1. The van der Waals surface area contributed by atoms with Crippen LogP contribution in [-0.2, 0) is 0 Å². The van der Waals surface area contributed by atoms with Crippen molar-refractivity contribution in [1.82, 2.24) is 9.97 Å². The van der Waals surface area contributed by atoms with Crippen LogP contribution in [0.1, 0.15) is 19.0 Å². The van der Waals surface area contributed by atoms with Crippen LogP contribution in [0.15, 0.2) is 35.8 Å². The molecule has 3 rings (SSSR count). The second-order valence-corrected chi connectivity index (χ2v) is 5.51. The molecule has 0 atom stereocenters. The van der Waals surface area contributed by atoms with Gasteiger partial charge in [-0.25, -0.2) is 4.98 Å². The Morgan fingerprint density at radius 2 is 2.21 bits per heavy atom. The minimum absolute atomic E-state index is 0.989. The summed E-state index contributed by atoms with van der Waals surface area (Å²) in [5, 5.41) is 4.42. The molecule has 0 unspecified atom stereocenters. The SMILES string of the molecule is CCCN(c1ccc2[nH]ccc2c1)c1nc(C)cs1. The summed E-state index contributed by atoms with van der Waals surface area (Å²) < 4.78 is 0. The summed E-state index contributed by atoms with van der Waals surface area (Å²) in [6.07, 6.45) is 3.08. The monoisotopic (exact) mass is 271 g/mol. The van der Waals surface area contributed by atoms with E-state index in [9.17, 15) is 0 Å². The second-order valence-electron chi connectivity index (χ2n) is 4.67. The maximum Gasteiger partial charge on any atom is 0.190 e. The van der Waals surface area contributed by atoms with E-state index < -0.39 is 0 Å². The van der Waals surface area contributed by atoms with E-state index in [1.165, 1.54) is 16.6 Å². The summed E-state index contributed by atoms with van der Waals surface area (Å²) in [7, 11) is 0. The summed E-state index contributed by atoms with van der Waals surface area (Å²) in [4.78, 5) is 10.1. The first-order chi connectivity index (χ1) is 9.28. The third kappa shape index (κ3) is 2.36. The van der Waals surface area contributed by atoms with E-state index >= 15 is 0 Å². The average molecular weight is 271 g/mol. The van der Waals surface area contributed by atoms with Crippen LogP contribution in [0.2, 0.25) is 0 Å². The maximum absolute atomic E-state index is 4.61. The first-order valence-corrected chi connectivity index (χ1v) is 7.42. The predicted octanol–water partition coefficient (Wildman–Crippen LogP) is 4.48.